The predicted molar refractivity (Wildman–Crippen MR) is 119 cm³/mol. The molecule has 2 aromatic rings. The number of nitrogens with one attached hydrogen (secondary N) is 2. The van der Waals surface area contributed by atoms with Crippen molar-refractivity contribution in [3.8, 4) is 6.07 Å². The highest BCUT2D eigenvalue weighted by Gasteiger charge is 2.36. The highest BCUT2D eigenvalue weighted by Crippen LogP contribution is 2.27. The molecule has 32 heavy (non-hydrogen) atoms. The molecule has 0 aliphatic carbocycles. The van der Waals surface area contributed by atoms with Gasteiger partial charge >= 0.3 is 0 Å². The molecule has 2 aliphatic heterocycles. The van der Waals surface area contributed by atoms with Gasteiger partial charge in [0.15, 0.2) is 0 Å². The van der Waals surface area contributed by atoms with E-state index in [0.29, 0.717) is 11.1 Å². The summed E-state index contributed by atoms with van der Waals surface area (Å²) in [5.74, 6) is -0.348. The van der Waals surface area contributed by atoms with Crippen molar-refractivity contribution < 1.29 is 14.0 Å². The Hall–Kier alpha value is -3.25. The molecule has 0 bridgehead atoms. The van der Waals surface area contributed by atoms with Gasteiger partial charge in [-0.3, -0.25) is 19.5 Å². The van der Waals surface area contributed by atoms with Gasteiger partial charge in [-0.05, 0) is 37.1 Å². The molecule has 2 N–H and O–H groups in total. The van der Waals surface area contributed by atoms with E-state index in [2.05, 4.69) is 20.5 Å². The van der Waals surface area contributed by atoms with Crippen molar-refractivity contribution in [2.45, 2.75) is 37.5 Å². The molecule has 1 aromatic heterocycles. The smallest absolute Gasteiger partial charge is 0.253 e. The molecule has 3 heterocycles. The lowest BCUT2D eigenvalue weighted by Crippen LogP contribution is -2.46. The summed E-state index contributed by atoms with van der Waals surface area (Å²) in [4.78, 5) is 32.6. The molecule has 2 atom stereocenters. The number of benzene rings is 1. The van der Waals surface area contributed by atoms with Crippen molar-refractivity contribution in [2.75, 3.05) is 38.5 Å². The summed E-state index contributed by atoms with van der Waals surface area (Å²) in [5, 5.41) is 16.3. The lowest BCUT2D eigenvalue weighted by Gasteiger charge is -2.33. The molecule has 0 radical (unpaired) electrons. The van der Waals surface area contributed by atoms with Gasteiger partial charge in [0.2, 0.25) is 5.91 Å². The number of fused-ring (bicyclic) bond motifs is 1. The molecule has 2 fully saturated rings. The monoisotopic (exact) mass is 438 g/mol. The lowest BCUT2D eigenvalue weighted by molar-refractivity contribution is -0.132. The van der Waals surface area contributed by atoms with Crippen LogP contribution in [0.25, 0.3) is 10.9 Å². The highest BCUT2D eigenvalue weighted by atomic mass is 19.1. The van der Waals surface area contributed by atoms with Crippen molar-refractivity contribution in [2.24, 2.45) is 0 Å². The summed E-state index contributed by atoms with van der Waals surface area (Å²) in [5.41, 5.74) is 2.12. The maximum absolute atomic E-state index is 13.6. The number of hydrogen-bond donors (Lipinski definition) is 2. The Morgan fingerprint density at radius 2 is 2.06 bits per heavy atom. The van der Waals surface area contributed by atoms with Crippen LogP contribution >= 0.6 is 0 Å². The second kappa shape index (κ2) is 9.49. The van der Waals surface area contributed by atoms with Crippen LogP contribution in [0.4, 0.5) is 10.1 Å². The zero-order chi connectivity index (χ0) is 22.7. The van der Waals surface area contributed by atoms with Gasteiger partial charge in [0.05, 0.1) is 30.2 Å². The Kier molecular flexibility index (Phi) is 6.51. The Labute approximate surface area is 186 Å². The van der Waals surface area contributed by atoms with E-state index in [1.54, 1.807) is 19.3 Å². The minimum absolute atomic E-state index is 0.0161. The first-order chi connectivity index (χ1) is 15.5. The molecule has 2 aliphatic rings. The molecule has 168 valence electrons. The first kappa shape index (κ1) is 22.0. The maximum atomic E-state index is 13.6. The second-order valence-electron chi connectivity index (χ2n) is 8.36. The Morgan fingerprint density at radius 3 is 2.78 bits per heavy atom. The van der Waals surface area contributed by atoms with Gasteiger partial charge in [0.25, 0.3) is 5.91 Å². The van der Waals surface area contributed by atoms with E-state index in [4.69, 9.17) is 5.26 Å². The van der Waals surface area contributed by atoms with Crippen molar-refractivity contribution >= 4 is 28.4 Å². The van der Waals surface area contributed by atoms with Gasteiger partial charge in [-0.1, -0.05) is 0 Å². The summed E-state index contributed by atoms with van der Waals surface area (Å²) < 4.78 is 13.6. The minimum atomic E-state index is -1.11. The molecule has 2 saturated heterocycles. The van der Waals surface area contributed by atoms with Gasteiger partial charge < -0.3 is 15.5 Å². The van der Waals surface area contributed by atoms with E-state index in [9.17, 15) is 14.0 Å². The molecule has 0 unspecified atom stereocenters. The normalized spacial score (nSPS) is 22.0. The van der Waals surface area contributed by atoms with Crippen LogP contribution in [0.3, 0.4) is 0 Å². The molecule has 0 spiro atoms. The van der Waals surface area contributed by atoms with Crippen LogP contribution in [0, 0.1) is 11.3 Å². The summed E-state index contributed by atoms with van der Waals surface area (Å²) in [6, 6.07) is 9.10. The third-order valence-electron chi connectivity index (χ3n) is 6.27. The fraction of sp³-hybridized carbons (Fsp3) is 0.478. The number of amides is 2. The van der Waals surface area contributed by atoms with Gasteiger partial charge in [0, 0.05) is 49.9 Å². The first-order valence-electron chi connectivity index (χ1n) is 10.9. The molecule has 8 nitrogen and oxygen atoms in total. The topological polar surface area (TPSA) is 101 Å². The summed E-state index contributed by atoms with van der Waals surface area (Å²) in [6.07, 6.45) is 2.36. The Bertz CT molecular complexity index is 1050. The Morgan fingerprint density at radius 1 is 1.28 bits per heavy atom. The standard InChI is InChI=1S/C23H27FN6O2/c1-26-23(32)19-4-5-20(18-3-2-8-27-22(18)19)28-16-6-9-29(10-7-16)14-21(31)30-13-15(24)11-17(30)12-25/h2-5,8,15-17,28H,6-7,9-11,13-14H2,1H3,(H,26,32)/t15-,17-/m0/s1. The average Bonchev–Trinajstić information content (AvgIpc) is 3.21. The van der Waals surface area contributed by atoms with Crippen LogP contribution in [-0.4, -0.2) is 78.1 Å². The molecular formula is C23H27FN6O2. The number of nitrogens with zero attached hydrogens (tertiary/aromatic N) is 4. The van der Waals surface area contributed by atoms with E-state index in [0.717, 1.165) is 37.0 Å². The fourth-order valence-corrected chi connectivity index (χ4v) is 4.54. The zero-order valence-corrected chi connectivity index (χ0v) is 18.1. The van der Waals surface area contributed by atoms with Crippen molar-refractivity contribution in [3.05, 3.63) is 36.0 Å². The van der Waals surface area contributed by atoms with Gasteiger partial charge in [-0.2, -0.15) is 5.26 Å². The summed E-state index contributed by atoms with van der Waals surface area (Å²) >= 11 is 0. The summed E-state index contributed by atoms with van der Waals surface area (Å²) in [7, 11) is 1.60. The van der Waals surface area contributed by atoms with Gasteiger partial charge in [-0.25, -0.2) is 4.39 Å². The van der Waals surface area contributed by atoms with E-state index in [1.807, 2.05) is 24.3 Å². The predicted octanol–water partition coefficient (Wildman–Crippen LogP) is 1.93. The number of pyridine rings is 1. The lowest BCUT2D eigenvalue weighted by atomic mass is 10.0. The minimum Gasteiger partial charge on any atom is -0.382 e. The Balaban J connectivity index is 1.37. The molecule has 0 saturated carbocycles. The number of hydrogen-bond acceptors (Lipinski definition) is 6. The van der Waals surface area contributed by atoms with Crippen LogP contribution in [0.5, 0.6) is 0 Å². The largest absolute Gasteiger partial charge is 0.382 e. The second-order valence-corrected chi connectivity index (χ2v) is 8.36. The SMILES string of the molecule is CNC(=O)c1ccc(NC2CCN(CC(=O)N3C[C@@H](F)C[C@H]3C#N)CC2)c2cccnc12. The third-order valence-corrected chi connectivity index (χ3v) is 6.27. The van der Waals surface area contributed by atoms with Crippen LogP contribution in [0.2, 0.25) is 0 Å². The first-order valence-corrected chi connectivity index (χ1v) is 10.9. The van der Waals surface area contributed by atoms with Crippen LogP contribution in [-0.2, 0) is 4.79 Å². The van der Waals surface area contributed by atoms with E-state index >= 15 is 0 Å². The van der Waals surface area contributed by atoms with Crippen LogP contribution in [0.15, 0.2) is 30.5 Å². The van der Waals surface area contributed by atoms with E-state index in [-0.39, 0.29) is 37.4 Å². The average molecular weight is 439 g/mol. The van der Waals surface area contributed by atoms with E-state index < -0.39 is 12.2 Å². The molecule has 2 amide bonds. The van der Waals surface area contributed by atoms with E-state index in [1.165, 1.54) is 4.90 Å². The molecule has 1 aromatic carbocycles. The quantitative estimate of drug-likeness (QED) is 0.740. The third kappa shape index (κ3) is 4.50. The molecule has 9 heteroatoms. The summed E-state index contributed by atoms with van der Waals surface area (Å²) in [6.45, 7) is 1.70. The van der Waals surface area contributed by atoms with Gasteiger partial charge in [0.1, 0.15) is 12.2 Å². The van der Waals surface area contributed by atoms with Gasteiger partial charge in [-0.15, -0.1) is 0 Å². The van der Waals surface area contributed by atoms with Crippen molar-refractivity contribution in [1.29, 1.82) is 5.26 Å². The molecular weight excluding hydrogens is 411 g/mol. The fourth-order valence-electron chi connectivity index (χ4n) is 4.54. The zero-order valence-electron chi connectivity index (χ0n) is 18.1. The number of anilines is 1. The number of alkyl halides is 1. The number of halogens is 1. The van der Waals surface area contributed by atoms with Crippen LogP contribution < -0.4 is 10.6 Å². The maximum Gasteiger partial charge on any atom is 0.253 e. The van der Waals surface area contributed by atoms with Crippen molar-refractivity contribution in [1.82, 2.24) is 20.1 Å². The molecule has 4 rings (SSSR count). The van der Waals surface area contributed by atoms with Crippen LogP contribution in [0.1, 0.15) is 29.6 Å². The van der Waals surface area contributed by atoms with Crippen molar-refractivity contribution in [3.63, 3.8) is 0 Å². The number of rotatable bonds is 5. The number of piperidine rings is 1. The number of likely N-dealkylation sites (tertiary alicyclic amines) is 2. The number of carbonyl (C=O) groups is 2. The number of carbonyl (C=O) groups excluding carboxylic acids is 2. The number of aromatic nitrogens is 1. The highest BCUT2D eigenvalue weighted by molar-refractivity contribution is 6.08. The number of nitriles is 1.